The lowest BCUT2D eigenvalue weighted by atomic mass is 10.1. The Labute approximate surface area is 82.7 Å². The maximum absolute atomic E-state index is 11.1. The molecule has 6 nitrogen and oxygen atoms in total. The largest absolute Gasteiger partial charge is 0.468 e. The molecule has 0 aromatic carbocycles. The van der Waals surface area contributed by atoms with Crippen LogP contribution in [0.4, 0.5) is 0 Å². The van der Waals surface area contributed by atoms with Crippen LogP contribution in [0, 0.1) is 11.3 Å². The number of ether oxygens (including phenoxy) is 1. The number of nitrogens with one attached hydrogen (secondary N) is 3. The fraction of sp³-hybridized carbons (Fsp3) is 0.750. The molecule has 5 N–H and O–H groups in total. The van der Waals surface area contributed by atoms with Crippen LogP contribution in [-0.4, -0.2) is 38.2 Å². The molecule has 1 rings (SSSR count). The fourth-order valence-corrected chi connectivity index (χ4v) is 1.54. The average molecular weight is 200 g/mol. The first-order valence-corrected chi connectivity index (χ1v) is 4.52. The smallest absolute Gasteiger partial charge is 0.322 e. The van der Waals surface area contributed by atoms with Crippen LogP contribution in [0.3, 0.4) is 0 Å². The Kier molecular flexibility index (Phi) is 3.70. The molecule has 0 aliphatic carbocycles. The van der Waals surface area contributed by atoms with Gasteiger partial charge in [0, 0.05) is 13.1 Å². The molecule has 2 atom stereocenters. The highest BCUT2D eigenvalue weighted by molar-refractivity contribution is 5.76. The molecule has 1 aliphatic rings. The second kappa shape index (κ2) is 4.80. The second-order valence-corrected chi connectivity index (χ2v) is 3.38. The normalized spacial score (nSPS) is 25.8. The monoisotopic (exact) mass is 200 g/mol. The summed E-state index contributed by atoms with van der Waals surface area (Å²) in [6, 6.07) is -0.209. The molecule has 1 saturated heterocycles. The Bertz CT molecular complexity index is 231. The van der Waals surface area contributed by atoms with Crippen LogP contribution in [0.2, 0.25) is 0 Å². The molecule has 0 amide bonds. The summed E-state index contributed by atoms with van der Waals surface area (Å²) in [5.41, 5.74) is 5.15. The first-order valence-electron chi connectivity index (χ1n) is 4.52. The van der Waals surface area contributed by atoms with Crippen molar-refractivity contribution < 1.29 is 9.53 Å². The van der Waals surface area contributed by atoms with Gasteiger partial charge in [0.25, 0.3) is 0 Å². The Morgan fingerprint density at radius 1 is 1.79 bits per heavy atom. The second-order valence-electron chi connectivity index (χ2n) is 3.38. The van der Waals surface area contributed by atoms with Crippen molar-refractivity contribution in [2.45, 2.75) is 12.5 Å². The van der Waals surface area contributed by atoms with E-state index in [4.69, 9.17) is 11.1 Å². The van der Waals surface area contributed by atoms with Crippen molar-refractivity contribution in [1.29, 1.82) is 5.41 Å². The summed E-state index contributed by atoms with van der Waals surface area (Å²) < 4.78 is 4.62. The van der Waals surface area contributed by atoms with Crippen molar-refractivity contribution in [2.24, 2.45) is 11.7 Å². The molecule has 1 heterocycles. The van der Waals surface area contributed by atoms with E-state index in [9.17, 15) is 4.79 Å². The van der Waals surface area contributed by atoms with Gasteiger partial charge in [0.1, 0.15) is 6.04 Å². The van der Waals surface area contributed by atoms with Crippen molar-refractivity contribution in [1.82, 2.24) is 10.6 Å². The van der Waals surface area contributed by atoms with Gasteiger partial charge in [0.2, 0.25) is 0 Å². The third kappa shape index (κ3) is 2.88. The van der Waals surface area contributed by atoms with Crippen molar-refractivity contribution >= 4 is 11.9 Å². The molecule has 80 valence electrons. The lowest BCUT2D eigenvalue weighted by Gasteiger charge is -2.09. The number of methoxy groups -OCH3 is 1. The average Bonchev–Trinajstić information content (AvgIpc) is 2.62. The van der Waals surface area contributed by atoms with Gasteiger partial charge in [-0.05, 0) is 12.3 Å². The third-order valence-corrected chi connectivity index (χ3v) is 2.29. The van der Waals surface area contributed by atoms with Crippen LogP contribution < -0.4 is 16.4 Å². The third-order valence-electron chi connectivity index (χ3n) is 2.29. The number of carbonyl (C=O) groups is 1. The highest BCUT2D eigenvalue weighted by Gasteiger charge is 2.29. The molecule has 0 bridgehead atoms. The summed E-state index contributed by atoms with van der Waals surface area (Å²) in [6.07, 6.45) is 0.729. The zero-order valence-corrected chi connectivity index (χ0v) is 8.17. The molecule has 0 unspecified atom stereocenters. The van der Waals surface area contributed by atoms with Gasteiger partial charge in [-0.1, -0.05) is 0 Å². The maximum Gasteiger partial charge on any atom is 0.322 e. The molecule has 0 saturated carbocycles. The predicted octanol–water partition coefficient (Wildman–Crippen LogP) is -1.38. The molecule has 0 radical (unpaired) electrons. The zero-order chi connectivity index (χ0) is 10.6. The van der Waals surface area contributed by atoms with E-state index >= 15 is 0 Å². The Hall–Kier alpha value is -1.30. The number of hydrogen-bond donors (Lipinski definition) is 4. The molecule has 14 heavy (non-hydrogen) atoms. The van der Waals surface area contributed by atoms with Crippen LogP contribution in [0.5, 0.6) is 0 Å². The first kappa shape index (κ1) is 10.8. The predicted molar refractivity (Wildman–Crippen MR) is 51.8 cm³/mol. The van der Waals surface area contributed by atoms with Gasteiger partial charge in [-0.3, -0.25) is 10.2 Å². The molecule has 0 aromatic heterocycles. The number of nitrogens with two attached hydrogens (primary N) is 1. The summed E-state index contributed by atoms with van der Waals surface area (Å²) >= 11 is 0. The quantitative estimate of drug-likeness (QED) is 0.255. The highest BCUT2D eigenvalue weighted by atomic mass is 16.5. The van der Waals surface area contributed by atoms with Crippen molar-refractivity contribution in [3.8, 4) is 0 Å². The van der Waals surface area contributed by atoms with E-state index in [-0.39, 0.29) is 18.0 Å². The van der Waals surface area contributed by atoms with Gasteiger partial charge in [-0.2, -0.15) is 0 Å². The van der Waals surface area contributed by atoms with Crippen molar-refractivity contribution in [3.63, 3.8) is 0 Å². The number of esters is 1. The number of rotatable bonds is 3. The van der Waals surface area contributed by atoms with Crippen LogP contribution >= 0.6 is 0 Å². The van der Waals surface area contributed by atoms with Crippen molar-refractivity contribution in [3.05, 3.63) is 0 Å². The number of hydrogen-bond acceptors (Lipinski definition) is 4. The van der Waals surface area contributed by atoms with Crippen LogP contribution in [0.1, 0.15) is 6.42 Å². The minimum atomic E-state index is -0.227. The lowest BCUT2D eigenvalue weighted by Crippen LogP contribution is -2.34. The van der Waals surface area contributed by atoms with Gasteiger partial charge >= 0.3 is 5.97 Å². The van der Waals surface area contributed by atoms with E-state index in [0.29, 0.717) is 12.5 Å². The summed E-state index contributed by atoms with van der Waals surface area (Å²) in [6.45, 7) is 1.37. The number of guanidine groups is 1. The molecule has 6 heteroatoms. The standard InChI is InChI=1S/C8H16N4O2/c1-14-7(13)6-2-5(3-11-6)4-12-8(9)10/h5-6,11H,2-4H2,1H3,(H4,9,10,12)/t5-,6+/m1/s1. The van der Waals surface area contributed by atoms with E-state index in [0.717, 1.165) is 13.0 Å². The van der Waals surface area contributed by atoms with Gasteiger partial charge in [0.15, 0.2) is 5.96 Å². The SMILES string of the molecule is COC(=O)[C@@H]1C[C@@H](CNC(=N)N)CN1. The molecular weight excluding hydrogens is 184 g/mol. The van der Waals surface area contributed by atoms with Gasteiger partial charge in [-0.25, -0.2) is 0 Å². The van der Waals surface area contributed by atoms with Gasteiger partial charge in [0.05, 0.1) is 7.11 Å². The Balaban J connectivity index is 2.27. The molecular formula is C8H16N4O2. The zero-order valence-electron chi connectivity index (χ0n) is 8.17. The molecule has 0 spiro atoms. The Morgan fingerprint density at radius 3 is 3.07 bits per heavy atom. The molecule has 0 aromatic rings. The van der Waals surface area contributed by atoms with Gasteiger partial charge < -0.3 is 21.1 Å². The van der Waals surface area contributed by atoms with Crippen molar-refractivity contribution in [2.75, 3.05) is 20.2 Å². The summed E-state index contributed by atoms with van der Waals surface area (Å²) in [5.74, 6) is 0.0600. The highest BCUT2D eigenvalue weighted by Crippen LogP contribution is 2.13. The maximum atomic E-state index is 11.1. The van der Waals surface area contributed by atoms with E-state index in [2.05, 4.69) is 15.4 Å². The van der Waals surface area contributed by atoms with E-state index in [1.54, 1.807) is 0 Å². The summed E-state index contributed by atoms with van der Waals surface area (Å²) in [4.78, 5) is 11.1. The Morgan fingerprint density at radius 2 is 2.50 bits per heavy atom. The first-order chi connectivity index (χ1) is 6.63. The number of carbonyl (C=O) groups excluding carboxylic acids is 1. The van der Waals surface area contributed by atoms with Crippen LogP contribution in [-0.2, 0) is 9.53 Å². The minimum Gasteiger partial charge on any atom is -0.468 e. The summed E-state index contributed by atoms with van der Waals surface area (Å²) in [7, 11) is 1.38. The van der Waals surface area contributed by atoms with E-state index in [1.807, 2.05) is 0 Å². The lowest BCUT2D eigenvalue weighted by molar-refractivity contribution is -0.142. The molecule has 1 fully saturated rings. The van der Waals surface area contributed by atoms with Gasteiger partial charge in [-0.15, -0.1) is 0 Å². The van der Waals surface area contributed by atoms with E-state index in [1.165, 1.54) is 7.11 Å². The van der Waals surface area contributed by atoms with Crippen LogP contribution in [0.25, 0.3) is 0 Å². The molecule has 1 aliphatic heterocycles. The summed E-state index contributed by atoms with van der Waals surface area (Å²) in [5, 5.41) is 12.8. The minimum absolute atomic E-state index is 0.0356. The topological polar surface area (TPSA) is 100 Å². The van der Waals surface area contributed by atoms with Crippen LogP contribution in [0.15, 0.2) is 0 Å². The fourth-order valence-electron chi connectivity index (χ4n) is 1.54. The van der Waals surface area contributed by atoms with E-state index < -0.39 is 0 Å².